The summed E-state index contributed by atoms with van der Waals surface area (Å²) < 4.78 is 6.08. The predicted molar refractivity (Wildman–Crippen MR) is 133 cm³/mol. The maximum atomic E-state index is 10.0. The third-order valence-electron chi connectivity index (χ3n) is 5.87. The van der Waals surface area contributed by atoms with E-state index in [-0.39, 0.29) is 12.1 Å². The number of hydrogen-bond donors (Lipinski definition) is 2. The van der Waals surface area contributed by atoms with Crippen molar-refractivity contribution in [1.82, 2.24) is 9.97 Å². The predicted octanol–water partition coefficient (Wildman–Crippen LogP) is 4.78. The number of β-amino-alcohol motifs (C(OH)–C–C–N with tert-alkyl or cyclic N) is 1. The standard InChI is InChI=1S/C25H26ClN5O2/c1-3-4-16-11-21(27-13-16)28-22-12-23(31-8-7-18(32)14-31)30-25(29-22)33-20-6-5-17-9-15(2)10-19(17)24(20)26/h3-6,10-12,18,32H,7-9,13-14H2,1-2H3,(H,27,28,29,30)/b4-3+. The van der Waals surface area contributed by atoms with Crippen LogP contribution in [0.3, 0.4) is 0 Å². The van der Waals surface area contributed by atoms with Crippen LogP contribution in [0.4, 0.5) is 11.6 Å². The van der Waals surface area contributed by atoms with Crippen molar-refractivity contribution in [2.24, 2.45) is 4.99 Å². The van der Waals surface area contributed by atoms with Crippen LogP contribution in [0.25, 0.3) is 6.08 Å². The summed E-state index contributed by atoms with van der Waals surface area (Å²) in [7, 11) is 0. The summed E-state index contributed by atoms with van der Waals surface area (Å²) in [4.78, 5) is 15.7. The van der Waals surface area contributed by atoms with Crippen LogP contribution in [0.2, 0.25) is 5.02 Å². The van der Waals surface area contributed by atoms with Crippen molar-refractivity contribution >= 4 is 35.1 Å². The summed E-state index contributed by atoms with van der Waals surface area (Å²) in [5, 5.41) is 13.8. The second-order valence-electron chi connectivity index (χ2n) is 8.55. The number of halogens is 1. The number of fused-ring (bicyclic) bond motifs is 1. The first-order valence-corrected chi connectivity index (χ1v) is 11.5. The highest BCUT2D eigenvalue weighted by molar-refractivity contribution is 6.33. The lowest BCUT2D eigenvalue weighted by molar-refractivity contribution is 0.198. The van der Waals surface area contributed by atoms with Crippen molar-refractivity contribution < 1.29 is 9.84 Å². The molecule has 0 bridgehead atoms. The fraction of sp³-hybridized carbons (Fsp3) is 0.320. The van der Waals surface area contributed by atoms with Crippen LogP contribution >= 0.6 is 11.6 Å². The Hall–Kier alpha value is -3.16. The third kappa shape index (κ3) is 4.65. The molecule has 1 aliphatic carbocycles. The lowest BCUT2D eigenvalue weighted by atomic mass is 10.1. The van der Waals surface area contributed by atoms with Gasteiger partial charge in [0.1, 0.15) is 23.2 Å². The van der Waals surface area contributed by atoms with Gasteiger partial charge in [-0.05, 0) is 50.0 Å². The number of allylic oxidation sites excluding steroid dienone is 2. The summed E-state index contributed by atoms with van der Waals surface area (Å²) in [5.41, 5.74) is 4.58. The zero-order valence-corrected chi connectivity index (χ0v) is 19.4. The molecule has 33 heavy (non-hydrogen) atoms. The number of nitrogens with one attached hydrogen (secondary N) is 1. The fourth-order valence-electron chi connectivity index (χ4n) is 4.30. The van der Waals surface area contributed by atoms with Gasteiger partial charge < -0.3 is 20.1 Å². The Morgan fingerprint density at radius 1 is 1.27 bits per heavy atom. The van der Waals surface area contributed by atoms with Crippen LogP contribution in [0.15, 0.2) is 52.6 Å². The minimum absolute atomic E-state index is 0.188. The smallest absolute Gasteiger partial charge is 0.325 e. The first kappa shape index (κ1) is 21.7. The maximum absolute atomic E-state index is 10.0. The van der Waals surface area contributed by atoms with Gasteiger partial charge in [-0.2, -0.15) is 9.97 Å². The lowest BCUT2D eigenvalue weighted by Crippen LogP contribution is -2.23. The molecule has 0 saturated carbocycles. The third-order valence-corrected chi connectivity index (χ3v) is 6.26. The van der Waals surface area contributed by atoms with Crippen LogP contribution in [0, 0.1) is 0 Å². The number of hydrogen-bond acceptors (Lipinski definition) is 7. The molecule has 1 aromatic carbocycles. The molecule has 2 N–H and O–H groups in total. The van der Waals surface area contributed by atoms with Crippen LogP contribution in [-0.4, -0.2) is 46.6 Å². The molecule has 1 unspecified atom stereocenters. The Labute approximate surface area is 198 Å². The van der Waals surface area contributed by atoms with E-state index < -0.39 is 0 Å². The average molecular weight is 464 g/mol. The topological polar surface area (TPSA) is 82.9 Å². The van der Waals surface area contributed by atoms with Gasteiger partial charge in [0.25, 0.3) is 0 Å². The van der Waals surface area contributed by atoms with E-state index in [2.05, 4.69) is 33.3 Å². The molecule has 170 valence electrons. The Bertz CT molecular complexity index is 1220. The molecule has 8 heteroatoms. The lowest BCUT2D eigenvalue weighted by Gasteiger charge is -2.19. The fourth-order valence-corrected chi connectivity index (χ4v) is 4.58. The summed E-state index contributed by atoms with van der Waals surface area (Å²) >= 11 is 6.66. The Balaban J connectivity index is 1.46. The first-order chi connectivity index (χ1) is 16.0. The summed E-state index contributed by atoms with van der Waals surface area (Å²) in [5.74, 6) is 2.50. The van der Waals surface area contributed by atoms with E-state index in [4.69, 9.17) is 16.3 Å². The highest BCUT2D eigenvalue weighted by Crippen LogP contribution is 2.39. The molecule has 2 aromatic rings. The molecule has 1 saturated heterocycles. The molecule has 1 fully saturated rings. The van der Waals surface area contributed by atoms with Crippen molar-refractivity contribution in [3.63, 3.8) is 0 Å². The second-order valence-corrected chi connectivity index (χ2v) is 8.93. The van der Waals surface area contributed by atoms with Gasteiger partial charge in [-0.15, -0.1) is 0 Å². The number of aliphatic hydroxyl groups excluding tert-OH is 1. The molecular formula is C25H26ClN5O2. The molecule has 7 nitrogen and oxygen atoms in total. The normalized spacial score (nSPS) is 19.6. The van der Waals surface area contributed by atoms with Crippen molar-refractivity contribution in [3.05, 3.63) is 63.7 Å². The van der Waals surface area contributed by atoms with Crippen molar-refractivity contribution in [1.29, 1.82) is 0 Å². The van der Waals surface area contributed by atoms with E-state index in [1.54, 1.807) is 0 Å². The van der Waals surface area contributed by atoms with E-state index in [0.717, 1.165) is 23.4 Å². The average Bonchev–Trinajstić information content (AvgIpc) is 3.50. The first-order valence-electron chi connectivity index (χ1n) is 11.1. The highest BCUT2D eigenvalue weighted by atomic mass is 35.5. The number of anilines is 2. The summed E-state index contributed by atoms with van der Waals surface area (Å²) in [6.45, 7) is 5.94. The molecule has 3 heterocycles. The number of rotatable bonds is 5. The second kappa shape index (κ2) is 9.00. The number of ether oxygens (including phenoxy) is 1. The van der Waals surface area contributed by atoms with Crippen LogP contribution in [0.1, 0.15) is 31.4 Å². The van der Waals surface area contributed by atoms with E-state index in [1.165, 1.54) is 11.1 Å². The van der Waals surface area contributed by atoms with Gasteiger partial charge in [-0.3, -0.25) is 4.99 Å². The van der Waals surface area contributed by atoms with Gasteiger partial charge in [0.15, 0.2) is 0 Å². The van der Waals surface area contributed by atoms with Gasteiger partial charge in [-0.1, -0.05) is 41.5 Å². The summed E-state index contributed by atoms with van der Waals surface area (Å²) in [6.07, 6.45) is 9.35. The number of amidine groups is 1. The number of benzene rings is 1. The molecule has 1 atom stereocenters. The van der Waals surface area contributed by atoms with Crippen molar-refractivity contribution in [2.75, 3.05) is 29.9 Å². The largest absolute Gasteiger partial charge is 0.423 e. The molecular weight excluding hydrogens is 438 g/mol. The van der Waals surface area contributed by atoms with Gasteiger partial charge in [0.2, 0.25) is 0 Å². The van der Waals surface area contributed by atoms with Gasteiger partial charge in [-0.25, -0.2) is 0 Å². The van der Waals surface area contributed by atoms with Gasteiger partial charge >= 0.3 is 6.01 Å². The molecule has 1 aromatic heterocycles. The van der Waals surface area contributed by atoms with Crippen molar-refractivity contribution in [2.45, 2.75) is 32.8 Å². The maximum Gasteiger partial charge on any atom is 0.325 e. The summed E-state index contributed by atoms with van der Waals surface area (Å²) in [6, 6.07) is 5.94. The number of aliphatic hydroxyl groups is 1. The molecule has 3 aliphatic rings. The van der Waals surface area contributed by atoms with E-state index in [0.29, 0.717) is 48.5 Å². The Kier molecular flexibility index (Phi) is 5.91. The molecule has 0 amide bonds. The number of aromatic nitrogens is 2. The molecule has 2 aliphatic heterocycles. The van der Waals surface area contributed by atoms with Crippen LogP contribution in [0.5, 0.6) is 11.8 Å². The minimum atomic E-state index is -0.368. The Morgan fingerprint density at radius 2 is 2.15 bits per heavy atom. The van der Waals surface area contributed by atoms with E-state index in [9.17, 15) is 5.11 Å². The van der Waals surface area contributed by atoms with Crippen LogP contribution < -0.4 is 15.0 Å². The van der Waals surface area contributed by atoms with E-state index >= 15 is 0 Å². The van der Waals surface area contributed by atoms with Gasteiger partial charge in [0, 0.05) is 24.7 Å². The highest BCUT2D eigenvalue weighted by Gasteiger charge is 2.24. The SMILES string of the molecule is C/C=C/C1=CC(Nc2cc(N3CCC(O)C3)nc(Oc3ccc4c(c3Cl)C=C(C)C4)n2)=NC1. The molecule has 0 spiro atoms. The van der Waals surface area contributed by atoms with Gasteiger partial charge in [0.05, 0.1) is 17.7 Å². The molecule has 0 radical (unpaired) electrons. The Morgan fingerprint density at radius 3 is 2.94 bits per heavy atom. The van der Waals surface area contributed by atoms with Crippen molar-refractivity contribution in [3.8, 4) is 11.8 Å². The zero-order chi connectivity index (χ0) is 22.9. The van der Waals surface area contributed by atoms with E-state index in [1.807, 2.05) is 48.3 Å². The quantitative estimate of drug-likeness (QED) is 0.664. The number of nitrogens with zero attached hydrogens (tertiary/aromatic N) is 4. The zero-order valence-electron chi connectivity index (χ0n) is 18.7. The monoisotopic (exact) mass is 463 g/mol. The number of aliphatic imine (C=N–C) groups is 1. The molecule has 5 rings (SSSR count). The minimum Gasteiger partial charge on any atom is -0.423 e. The van der Waals surface area contributed by atoms with Crippen LogP contribution in [-0.2, 0) is 6.42 Å².